The van der Waals surface area contributed by atoms with Crippen LogP contribution in [0.2, 0.25) is 0 Å². The lowest BCUT2D eigenvalue weighted by Gasteiger charge is -2.07. The molecule has 0 aromatic heterocycles. The van der Waals surface area contributed by atoms with Crippen molar-refractivity contribution in [1.29, 1.82) is 0 Å². The Morgan fingerprint density at radius 3 is 2.55 bits per heavy atom. The Labute approximate surface area is 71.1 Å². The van der Waals surface area contributed by atoms with Crippen LogP contribution in [-0.4, -0.2) is 18.9 Å². The van der Waals surface area contributed by atoms with Crippen molar-refractivity contribution < 1.29 is 0 Å². The normalized spacial score (nSPS) is 17.1. The molecule has 1 atom stereocenters. The molecule has 1 N–H and O–H groups in total. The summed E-state index contributed by atoms with van der Waals surface area (Å²) in [5.74, 6) is 1.84. The maximum Gasteiger partial charge on any atom is 0.0992 e. The third kappa shape index (κ3) is 3.40. The fourth-order valence-electron chi connectivity index (χ4n) is 0.940. The van der Waals surface area contributed by atoms with E-state index in [1.807, 2.05) is 0 Å². The number of hydrogen-bond acceptors (Lipinski definition) is 2. The van der Waals surface area contributed by atoms with Gasteiger partial charge in [-0.3, -0.25) is 4.99 Å². The first-order chi connectivity index (χ1) is 4.34. The van der Waals surface area contributed by atoms with Crippen molar-refractivity contribution >= 4 is 5.84 Å². The minimum Gasteiger partial charge on any atom is -0.372 e. The maximum atomic E-state index is 4.31. The van der Waals surface area contributed by atoms with Crippen molar-refractivity contribution in [1.82, 2.24) is 5.32 Å². The number of amidine groups is 1. The van der Waals surface area contributed by atoms with Gasteiger partial charge in [0.1, 0.15) is 0 Å². The summed E-state index contributed by atoms with van der Waals surface area (Å²) in [6.45, 7) is 6.41. The molecule has 0 spiro atoms. The number of aliphatic imine (C=N–C) groups is 1. The molecular formula is C9H22N2. The third-order valence-corrected chi connectivity index (χ3v) is 1.78. The first-order valence-corrected chi connectivity index (χ1v) is 3.62. The molecule has 0 aromatic carbocycles. The van der Waals surface area contributed by atoms with E-state index in [-0.39, 0.29) is 14.9 Å². The zero-order chi connectivity index (χ0) is 6.69. The van der Waals surface area contributed by atoms with E-state index in [0.29, 0.717) is 5.92 Å². The molecule has 0 saturated carbocycles. The molecule has 11 heavy (non-hydrogen) atoms. The second-order valence-corrected chi connectivity index (χ2v) is 2.50. The summed E-state index contributed by atoms with van der Waals surface area (Å²) in [7, 11) is 0. The van der Waals surface area contributed by atoms with Crippen molar-refractivity contribution in [3.8, 4) is 0 Å². The molecule has 1 rings (SSSR count). The monoisotopic (exact) mass is 158 g/mol. The average Bonchev–Trinajstić information content (AvgIpc) is 2.37. The van der Waals surface area contributed by atoms with Gasteiger partial charge >= 0.3 is 0 Å². The van der Waals surface area contributed by atoms with Gasteiger partial charge in [-0.2, -0.15) is 0 Å². The van der Waals surface area contributed by atoms with Crippen molar-refractivity contribution in [3.63, 3.8) is 0 Å². The van der Waals surface area contributed by atoms with Crippen molar-refractivity contribution in [2.75, 3.05) is 13.1 Å². The number of hydrogen-bond donors (Lipinski definition) is 1. The highest BCUT2D eigenvalue weighted by Gasteiger charge is 2.10. The fraction of sp³-hybridized carbons (Fsp3) is 0.889. The van der Waals surface area contributed by atoms with E-state index < -0.39 is 0 Å². The van der Waals surface area contributed by atoms with Crippen LogP contribution < -0.4 is 5.32 Å². The standard InChI is InChI=1S/C7H14N2.2CH4/c1-3-6(2)7-8-4-5-9-7;;/h6H,3-5H2,1-2H3,(H,8,9);2*1H4. The Kier molecular flexibility index (Phi) is 7.37. The van der Waals surface area contributed by atoms with Gasteiger partial charge in [0.25, 0.3) is 0 Å². The van der Waals surface area contributed by atoms with Crippen molar-refractivity contribution in [2.45, 2.75) is 35.1 Å². The van der Waals surface area contributed by atoms with Gasteiger partial charge in [0, 0.05) is 12.5 Å². The van der Waals surface area contributed by atoms with Gasteiger partial charge in [0.05, 0.1) is 12.4 Å². The van der Waals surface area contributed by atoms with Gasteiger partial charge in [-0.1, -0.05) is 28.7 Å². The van der Waals surface area contributed by atoms with Crippen molar-refractivity contribution in [2.24, 2.45) is 10.9 Å². The summed E-state index contributed by atoms with van der Waals surface area (Å²) < 4.78 is 0. The van der Waals surface area contributed by atoms with Gasteiger partial charge in [-0.05, 0) is 6.42 Å². The van der Waals surface area contributed by atoms with Crippen LogP contribution in [0, 0.1) is 5.92 Å². The second kappa shape index (κ2) is 6.20. The maximum absolute atomic E-state index is 4.31. The van der Waals surface area contributed by atoms with Crippen LogP contribution in [0.3, 0.4) is 0 Å². The molecule has 2 heteroatoms. The van der Waals surface area contributed by atoms with E-state index in [9.17, 15) is 0 Å². The lowest BCUT2D eigenvalue weighted by atomic mass is 10.1. The summed E-state index contributed by atoms with van der Waals surface area (Å²) >= 11 is 0. The van der Waals surface area contributed by atoms with Gasteiger partial charge in [-0.15, -0.1) is 0 Å². The molecule has 1 aliphatic heterocycles. The molecular weight excluding hydrogens is 136 g/mol. The van der Waals surface area contributed by atoms with Crippen LogP contribution in [0.25, 0.3) is 0 Å². The second-order valence-electron chi connectivity index (χ2n) is 2.50. The Morgan fingerprint density at radius 2 is 2.18 bits per heavy atom. The molecule has 0 aliphatic carbocycles. The molecule has 2 nitrogen and oxygen atoms in total. The van der Waals surface area contributed by atoms with Gasteiger partial charge in [0.2, 0.25) is 0 Å². The Balaban J connectivity index is 0. The molecule has 1 heterocycles. The molecule has 0 bridgehead atoms. The zero-order valence-corrected chi connectivity index (χ0v) is 6.15. The van der Waals surface area contributed by atoms with Crippen LogP contribution in [0.4, 0.5) is 0 Å². The van der Waals surface area contributed by atoms with Gasteiger partial charge < -0.3 is 5.32 Å². The minimum atomic E-state index is 0. The van der Waals surface area contributed by atoms with E-state index in [2.05, 4.69) is 24.2 Å². The molecule has 68 valence electrons. The lowest BCUT2D eigenvalue weighted by Crippen LogP contribution is -2.24. The average molecular weight is 158 g/mol. The SMILES string of the molecule is C.C.CCC(C)C1=NCCN1. The third-order valence-electron chi connectivity index (χ3n) is 1.78. The lowest BCUT2D eigenvalue weighted by molar-refractivity contribution is 0.718. The van der Waals surface area contributed by atoms with Crippen LogP contribution in [0.5, 0.6) is 0 Å². The number of rotatable bonds is 2. The predicted molar refractivity (Wildman–Crippen MR) is 53.2 cm³/mol. The Morgan fingerprint density at radius 1 is 1.55 bits per heavy atom. The highest BCUT2D eigenvalue weighted by Crippen LogP contribution is 2.03. The van der Waals surface area contributed by atoms with E-state index in [1.165, 1.54) is 12.3 Å². The number of nitrogens with one attached hydrogen (secondary N) is 1. The Bertz CT molecular complexity index is 119. The number of nitrogens with zero attached hydrogens (tertiary/aromatic N) is 1. The van der Waals surface area contributed by atoms with Crippen molar-refractivity contribution in [3.05, 3.63) is 0 Å². The summed E-state index contributed by atoms with van der Waals surface area (Å²) in [4.78, 5) is 4.31. The largest absolute Gasteiger partial charge is 0.372 e. The molecule has 0 saturated heterocycles. The molecule has 1 unspecified atom stereocenters. The summed E-state index contributed by atoms with van der Waals surface area (Å²) in [6, 6.07) is 0. The van der Waals surface area contributed by atoms with E-state index in [1.54, 1.807) is 0 Å². The summed E-state index contributed by atoms with van der Waals surface area (Å²) in [6.07, 6.45) is 1.19. The first kappa shape index (κ1) is 13.1. The van der Waals surface area contributed by atoms with Crippen LogP contribution in [-0.2, 0) is 0 Å². The van der Waals surface area contributed by atoms with Gasteiger partial charge in [0.15, 0.2) is 0 Å². The zero-order valence-electron chi connectivity index (χ0n) is 6.15. The summed E-state index contributed by atoms with van der Waals surface area (Å²) in [5, 5.41) is 3.26. The van der Waals surface area contributed by atoms with Crippen LogP contribution in [0.15, 0.2) is 4.99 Å². The smallest absolute Gasteiger partial charge is 0.0992 e. The van der Waals surface area contributed by atoms with E-state index >= 15 is 0 Å². The topological polar surface area (TPSA) is 24.4 Å². The predicted octanol–water partition coefficient (Wildman–Crippen LogP) is 2.31. The minimum absolute atomic E-state index is 0. The summed E-state index contributed by atoms with van der Waals surface area (Å²) in [5.41, 5.74) is 0. The first-order valence-electron chi connectivity index (χ1n) is 3.62. The quantitative estimate of drug-likeness (QED) is 0.655. The highest BCUT2D eigenvalue weighted by atomic mass is 15.1. The van der Waals surface area contributed by atoms with Crippen LogP contribution >= 0.6 is 0 Å². The molecule has 0 aromatic rings. The van der Waals surface area contributed by atoms with E-state index in [0.717, 1.165) is 13.1 Å². The highest BCUT2D eigenvalue weighted by molar-refractivity contribution is 5.85. The molecule has 0 amide bonds. The molecule has 0 radical (unpaired) electrons. The van der Waals surface area contributed by atoms with Gasteiger partial charge in [-0.25, -0.2) is 0 Å². The molecule has 0 fully saturated rings. The van der Waals surface area contributed by atoms with E-state index in [4.69, 9.17) is 0 Å². The van der Waals surface area contributed by atoms with Crippen LogP contribution in [0.1, 0.15) is 35.1 Å². The fourth-order valence-corrected chi connectivity index (χ4v) is 0.940. The Hall–Kier alpha value is -0.530. The molecule has 1 aliphatic rings.